The standard InChI is InChI=1S/C15H33N7O3/c1-13(2)20(16-23)10-7-19(8-11-21(17-24)14(3)4)9-12-22(18-25)15(5)6/h13-15H,7-12H2,1-6H3. The van der Waals surface area contributed by atoms with Gasteiger partial charge in [-0.3, -0.25) is 19.9 Å². The first-order chi connectivity index (χ1) is 11.8. The van der Waals surface area contributed by atoms with E-state index < -0.39 is 0 Å². The maximum atomic E-state index is 10.9. The summed E-state index contributed by atoms with van der Waals surface area (Å²) in [6.07, 6.45) is 0. The van der Waals surface area contributed by atoms with Gasteiger partial charge in [0.2, 0.25) is 0 Å². The first kappa shape index (κ1) is 23.2. The summed E-state index contributed by atoms with van der Waals surface area (Å²) in [6, 6.07) is 0.0610. The summed E-state index contributed by atoms with van der Waals surface area (Å²) in [6.45, 7) is 14.6. The van der Waals surface area contributed by atoms with Crippen molar-refractivity contribution in [1.29, 1.82) is 0 Å². The second kappa shape index (κ2) is 12.5. The van der Waals surface area contributed by atoms with Crippen LogP contribution in [-0.2, 0) is 0 Å². The molecule has 0 bridgehead atoms. The van der Waals surface area contributed by atoms with Gasteiger partial charge in [0.05, 0.1) is 35.5 Å². The number of hydrogen-bond donors (Lipinski definition) is 0. The molecule has 0 radical (unpaired) electrons. The lowest BCUT2D eigenvalue weighted by molar-refractivity contribution is 0.129. The molecule has 0 rings (SSSR count). The zero-order chi connectivity index (χ0) is 19.4. The molecule has 0 spiro atoms. The Labute approximate surface area is 150 Å². The van der Waals surface area contributed by atoms with Crippen LogP contribution in [0, 0.1) is 14.7 Å². The Balaban J connectivity index is 4.76. The molecule has 10 heteroatoms. The summed E-state index contributed by atoms with van der Waals surface area (Å²) in [5.41, 5.74) is 0. The number of hydrogen-bond acceptors (Lipinski definition) is 7. The molecule has 0 aliphatic heterocycles. The molecule has 0 saturated heterocycles. The second-order valence-electron chi connectivity index (χ2n) is 6.86. The van der Waals surface area contributed by atoms with Crippen LogP contribution in [0.2, 0.25) is 0 Å². The lowest BCUT2D eigenvalue weighted by Crippen LogP contribution is -2.43. The highest BCUT2D eigenvalue weighted by Crippen LogP contribution is 2.04. The molecular formula is C15H33N7O3. The highest BCUT2D eigenvalue weighted by Gasteiger charge is 2.16. The Morgan fingerprint density at radius 1 is 0.520 bits per heavy atom. The number of nitrogens with zero attached hydrogens (tertiary/aromatic N) is 7. The van der Waals surface area contributed by atoms with Crippen molar-refractivity contribution in [3.8, 4) is 0 Å². The van der Waals surface area contributed by atoms with Crippen LogP contribution in [0.25, 0.3) is 0 Å². The van der Waals surface area contributed by atoms with E-state index in [1.165, 1.54) is 15.0 Å². The summed E-state index contributed by atoms with van der Waals surface area (Å²) in [5, 5.41) is 13.5. The Morgan fingerprint density at radius 3 is 0.920 bits per heavy atom. The van der Waals surface area contributed by atoms with Crippen LogP contribution in [0.3, 0.4) is 0 Å². The molecule has 0 atom stereocenters. The van der Waals surface area contributed by atoms with Gasteiger partial charge in [-0.2, -0.15) is 0 Å². The van der Waals surface area contributed by atoms with Crippen molar-refractivity contribution < 1.29 is 0 Å². The second-order valence-corrected chi connectivity index (χ2v) is 6.86. The molecule has 0 fully saturated rings. The van der Waals surface area contributed by atoms with Crippen molar-refractivity contribution in [2.75, 3.05) is 39.3 Å². The molecular weight excluding hydrogens is 326 g/mol. The fourth-order valence-electron chi connectivity index (χ4n) is 2.25. The maximum absolute atomic E-state index is 10.9. The average molecular weight is 359 g/mol. The topological polar surface area (TPSA) is 101 Å². The van der Waals surface area contributed by atoms with Crippen molar-refractivity contribution in [2.45, 2.75) is 59.7 Å². The quantitative estimate of drug-likeness (QED) is 0.327. The van der Waals surface area contributed by atoms with Gasteiger partial charge in [0.1, 0.15) is 0 Å². The minimum absolute atomic E-state index is 0.0203. The summed E-state index contributed by atoms with van der Waals surface area (Å²) in [7, 11) is 0. The maximum Gasteiger partial charge on any atom is 0.0526 e. The Hall–Kier alpha value is -1.84. The zero-order valence-corrected chi connectivity index (χ0v) is 16.3. The fraction of sp³-hybridized carbons (Fsp3) is 1.00. The molecule has 0 aromatic rings. The first-order valence-electron chi connectivity index (χ1n) is 8.78. The molecule has 0 aromatic heterocycles. The predicted molar refractivity (Wildman–Crippen MR) is 99.4 cm³/mol. The zero-order valence-electron chi connectivity index (χ0n) is 16.3. The minimum Gasteiger partial charge on any atom is -0.298 e. The molecule has 0 saturated carbocycles. The van der Waals surface area contributed by atoms with Gasteiger partial charge < -0.3 is 0 Å². The van der Waals surface area contributed by atoms with Gasteiger partial charge in [0.25, 0.3) is 0 Å². The normalized spacial score (nSPS) is 11.3. The third-order valence-electron chi connectivity index (χ3n) is 4.04. The summed E-state index contributed by atoms with van der Waals surface area (Å²) in [4.78, 5) is 34.8. The molecule has 0 aromatic carbocycles. The fourth-order valence-corrected chi connectivity index (χ4v) is 2.25. The number of rotatable bonds is 15. The van der Waals surface area contributed by atoms with E-state index in [1.54, 1.807) is 0 Å². The van der Waals surface area contributed by atoms with E-state index in [0.29, 0.717) is 39.3 Å². The van der Waals surface area contributed by atoms with Gasteiger partial charge in [-0.05, 0) is 41.5 Å². The molecule has 0 unspecified atom stereocenters. The lowest BCUT2D eigenvalue weighted by atomic mass is 10.3. The Kier molecular flexibility index (Phi) is 11.6. The van der Waals surface area contributed by atoms with Gasteiger partial charge in [0.15, 0.2) is 0 Å². The molecule has 0 amide bonds. The molecule has 0 aliphatic rings. The first-order valence-corrected chi connectivity index (χ1v) is 8.78. The van der Waals surface area contributed by atoms with E-state index in [2.05, 4.69) is 20.8 Å². The van der Waals surface area contributed by atoms with Crippen molar-refractivity contribution in [3.05, 3.63) is 14.7 Å². The molecule has 146 valence electrons. The monoisotopic (exact) mass is 359 g/mol. The van der Waals surface area contributed by atoms with Gasteiger partial charge in [-0.1, -0.05) is 0 Å². The Morgan fingerprint density at radius 2 is 0.760 bits per heavy atom. The van der Waals surface area contributed by atoms with Crippen LogP contribution in [0.1, 0.15) is 41.5 Å². The molecule has 0 N–H and O–H groups in total. The van der Waals surface area contributed by atoms with Gasteiger partial charge in [-0.25, -0.2) is 0 Å². The van der Waals surface area contributed by atoms with Crippen LogP contribution in [0.5, 0.6) is 0 Å². The van der Waals surface area contributed by atoms with Crippen molar-refractivity contribution in [3.63, 3.8) is 0 Å². The summed E-state index contributed by atoms with van der Waals surface area (Å²) < 4.78 is 0. The largest absolute Gasteiger partial charge is 0.298 e. The Bertz CT molecular complexity index is 336. The molecule has 25 heavy (non-hydrogen) atoms. The summed E-state index contributed by atoms with van der Waals surface area (Å²) in [5.74, 6) is 0. The van der Waals surface area contributed by atoms with E-state index in [9.17, 15) is 14.7 Å². The van der Waals surface area contributed by atoms with Crippen molar-refractivity contribution >= 4 is 0 Å². The lowest BCUT2D eigenvalue weighted by Gasteiger charge is -2.30. The van der Waals surface area contributed by atoms with Gasteiger partial charge in [-0.15, -0.1) is 14.7 Å². The van der Waals surface area contributed by atoms with Crippen molar-refractivity contribution in [1.82, 2.24) is 19.9 Å². The van der Waals surface area contributed by atoms with Gasteiger partial charge in [0, 0.05) is 37.8 Å². The molecule has 0 aliphatic carbocycles. The van der Waals surface area contributed by atoms with Crippen LogP contribution in [-0.4, -0.2) is 77.3 Å². The SMILES string of the molecule is CC(C)N(CCN(CCN(N=O)C(C)C)CCN(N=O)C(C)C)N=O. The highest BCUT2D eigenvalue weighted by atomic mass is 16.3. The van der Waals surface area contributed by atoms with Crippen LogP contribution >= 0.6 is 0 Å². The highest BCUT2D eigenvalue weighted by molar-refractivity contribution is 4.69. The van der Waals surface area contributed by atoms with Crippen LogP contribution < -0.4 is 0 Å². The van der Waals surface area contributed by atoms with E-state index >= 15 is 0 Å². The average Bonchev–Trinajstić information content (AvgIpc) is 2.54. The van der Waals surface area contributed by atoms with Gasteiger partial charge >= 0.3 is 0 Å². The minimum atomic E-state index is 0.0203. The molecule has 0 heterocycles. The number of nitroso groups, excluding NO2 is 3. The van der Waals surface area contributed by atoms with E-state index in [0.717, 1.165) is 0 Å². The van der Waals surface area contributed by atoms with Crippen molar-refractivity contribution in [2.24, 2.45) is 15.9 Å². The predicted octanol–water partition coefficient (Wildman–Crippen LogP) is 2.46. The van der Waals surface area contributed by atoms with E-state index in [4.69, 9.17) is 0 Å². The summed E-state index contributed by atoms with van der Waals surface area (Å²) >= 11 is 0. The van der Waals surface area contributed by atoms with E-state index in [-0.39, 0.29) is 18.1 Å². The molecule has 10 nitrogen and oxygen atoms in total. The van der Waals surface area contributed by atoms with E-state index in [1.807, 2.05) is 41.5 Å². The van der Waals surface area contributed by atoms with Crippen LogP contribution in [0.4, 0.5) is 0 Å². The third-order valence-corrected chi connectivity index (χ3v) is 4.04. The van der Waals surface area contributed by atoms with Crippen LogP contribution in [0.15, 0.2) is 15.9 Å². The smallest absolute Gasteiger partial charge is 0.0526 e. The third kappa shape index (κ3) is 9.28.